The van der Waals surface area contributed by atoms with Crippen LogP contribution in [0.3, 0.4) is 0 Å². The lowest BCUT2D eigenvalue weighted by atomic mass is 10.0. The lowest BCUT2D eigenvalue weighted by Crippen LogP contribution is -2.10. The highest BCUT2D eigenvalue weighted by Crippen LogP contribution is 2.33. The lowest BCUT2D eigenvalue weighted by molar-refractivity contribution is -0.423. The van der Waals surface area contributed by atoms with Gasteiger partial charge in [-0.15, -0.1) is 0 Å². The Bertz CT molecular complexity index is 275. The quantitative estimate of drug-likeness (QED) is 0.517. The first-order chi connectivity index (χ1) is 5.52. The predicted octanol–water partition coefficient (Wildman–Crippen LogP) is 2.58. The summed E-state index contributed by atoms with van der Waals surface area (Å²) >= 11 is 3.10. The molecule has 12 heavy (non-hydrogen) atoms. The van der Waals surface area contributed by atoms with Crippen molar-refractivity contribution in [2.75, 3.05) is 0 Å². The first-order valence-corrected chi connectivity index (χ1v) is 4.08. The summed E-state index contributed by atoms with van der Waals surface area (Å²) in [6, 6.07) is 0. The molecule has 1 rings (SSSR count). The fraction of sp³-hybridized carbons (Fsp3) is 0.286. The van der Waals surface area contributed by atoms with E-state index in [0.29, 0.717) is 4.83 Å². The van der Waals surface area contributed by atoms with Crippen molar-refractivity contribution in [3.05, 3.63) is 38.6 Å². The molecule has 0 N–H and O–H groups in total. The third kappa shape index (κ3) is 1.72. The zero-order valence-electron chi connectivity index (χ0n) is 6.25. The standard InChI is InChI=1S/C7H6BrFNO2/c1-4-2-7(10(11)12)6(9)3-5(4)8/h2-4H,1H3. The Balaban J connectivity index is 2.96. The Morgan fingerprint density at radius 3 is 2.83 bits per heavy atom. The van der Waals surface area contributed by atoms with Gasteiger partial charge in [0.15, 0.2) is 5.83 Å². The fourth-order valence-electron chi connectivity index (χ4n) is 0.871. The van der Waals surface area contributed by atoms with E-state index in [0.717, 1.165) is 6.08 Å². The van der Waals surface area contributed by atoms with E-state index in [1.807, 2.05) is 0 Å². The summed E-state index contributed by atoms with van der Waals surface area (Å²) in [5.74, 6) is -0.935. The molecule has 3 nitrogen and oxygen atoms in total. The van der Waals surface area contributed by atoms with Crippen molar-refractivity contribution in [2.24, 2.45) is 5.92 Å². The predicted molar refractivity (Wildman–Crippen MR) is 45.6 cm³/mol. The van der Waals surface area contributed by atoms with Gasteiger partial charge in [-0.1, -0.05) is 22.9 Å². The van der Waals surface area contributed by atoms with Gasteiger partial charge in [-0.25, -0.2) is 0 Å². The molecule has 1 radical (unpaired) electrons. The van der Waals surface area contributed by atoms with Gasteiger partial charge in [0.1, 0.15) is 0 Å². The summed E-state index contributed by atoms with van der Waals surface area (Å²) < 4.78 is 12.8. The smallest absolute Gasteiger partial charge is 0.258 e. The van der Waals surface area contributed by atoms with E-state index in [9.17, 15) is 14.5 Å². The Hall–Kier alpha value is -0.710. The summed E-state index contributed by atoms with van der Waals surface area (Å²) in [6.07, 6.45) is 2.40. The normalized spacial score (nSPS) is 24.8. The van der Waals surface area contributed by atoms with Crippen molar-refractivity contribution in [1.82, 2.24) is 0 Å². The molecule has 1 atom stereocenters. The minimum Gasteiger partial charge on any atom is -0.258 e. The highest BCUT2D eigenvalue weighted by molar-refractivity contribution is 9.11. The molecule has 1 unspecified atom stereocenters. The minimum absolute atomic E-state index is 0.134. The number of allylic oxidation sites excluding steroid dienone is 3. The maximum absolute atomic E-state index is 12.8. The zero-order valence-corrected chi connectivity index (χ0v) is 7.84. The minimum atomic E-state index is -0.801. The van der Waals surface area contributed by atoms with E-state index < -0.39 is 16.4 Å². The van der Waals surface area contributed by atoms with Crippen LogP contribution in [0.2, 0.25) is 0 Å². The van der Waals surface area contributed by atoms with Crippen LogP contribution in [0.25, 0.3) is 0 Å². The van der Waals surface area contributed by atoms with E-state index in [2.05, 4.69) is 15.9 Å². The van der Waals surface area contributed by atoms with Gasteiger partial charge in [-0.3, -0.25) is 10.1 Å². The highest BCUT2D eigenvalue weighted by Gasteiger charge is 2.27. The summed E-state index contributed by atoms with van der Waals surface area (Å²) in [6.45, 7) is 1.75. The number of rotatable bonds is 1. The molecule has 65 valence electrons. The van der Waals surface area contributed by atoms with Crippen LogP contribution < -0.4 is 0 Å². The van der Waals surface area contributed by atoms with E-state index in [1.165, 1.54) is 6.08 Å². The number of hydrogen-bond donors (Lipinski definition) is 0. The van der Waals surface area contributed by atoms with Gasteiger partial charge < -0.3 is 0 Å². The van der Waals surface area contributed by atoms with Crippen molar-refractivity contribution in [1.29, 1.82) is 0 Å². The second-order valence-corrected chi connectivity index (χ2v) is 3.39. The molecule has 0 saturated heterocycles. The van der Waals surface area contributed by atoms with Crippen LogP contribution in [-0.2, 0) is 0 Å². The molecule has 0 aliphatic heterocycles. The summed E-state index contributed by atoms with van der Waals surface area (Å²) in [4.78, 5) is 10.1. The highest BCUT2D eigenvalue weighted by atomic mass is 79.9. The average Bonchev–Trinajstić information content (AvgIpc) is 1.96. The molecule has 0 aromatic rings. The lowest BCUT2D eigenvalue weighted by Gasteiger charge is -2.13. The van der Waals surface area contributed by atoms with E-state index in [-0.39, 0.29) is 5.92 Å². The Kier molecular flexibility index (Phi) is 2.62. The molecular formula is C7H6BrFNO2. The molecule has 0 heterocycles. The van der Waals surface area contributed by atoms with Gasteiger partial charge in [0.25, 0.3) is 0 Å². The number of halogens is 2. The third-order valence-corrected chi connectivity index (χ3v) is 2.50. The summed E-state index contributed by atoms with van der Waals surface area (Å²) in [5.41, 5.74) is -0.453. The summed E-state index contributed by atoms with van der Waals surface area (Å²) in [5, 5.41) is 10.2. The van der Waals surface area contributed by atoms with Crippen LogP contribution >= 0.6 is 15.9 Å². The van der Waals surface area contributed by atoms with Crippen LogP contribution in [0.1, 0.15) is 6.92 Å². The molecule has 0 spiro atoms. The molecule has 1 aliphatic carbocycles. The monoisotopic (exact) mass is 234 g/mol. The molecule has 0 fully saturated rings. The molecule has 0 amide bonds. The van der Waals surface area contributed by atoms with Crippen LogP contribution in [0.15, 0.2) is 23.7 Å². The Morgan fingerprint density at radius 1 is 1.75 bits per heavy atom. The van der Waals surface area contributed by atoms with Gasteiger partial charge in [-0.2, -0.15) is 4.39 Å². The van der Waals surface area contributed by atoms with Crippen LogP contribution in [0, 0.1) is 20.9 Å². The first kappa shape index (κ1) is 9.38. The van der Waals surface area contributed by atoms with Gasteiger partial charge in [0.05, 0.1) is 9.75 Å². The van der Waals surface area contributed by atoms with Gasteiger partial charge in [0.2, 0.25) is 0 Å². The Labute approximate surface area is 77.2 Å². The van der Waals surface area contributed by atoms with Crippen LogP contribution in [0.4, 0.5) is 4.39 Å². The largest absolute Gasteiger partial charge is 0.300 e. The SMILES string of the molecule is CC1C=C([N+](=O)[O-])C(F)=C[C]1Br. The van der Waals surface area contributed by atoms with Crippen LogP contribution in [-0.4, -0.2) is 4.92 Å². The second-order valence-electron chi connectivity index (χ2n) is 2.47. The van der Waals surface area contributed by atoms with Crippen molar-refractivity contribution in [2.45, 2.75) is 6.92 Å². The topological polar surface area (TPSA) is 43.1 Å². The number of hydrogen-bond acceptors (Lipinski definition) is 2. The number of nitrogens with zero attached hydrogens (tertiary/aromatic N) is 1. The molecule has 0 saturated carbocycles. The maximum Gasteiger partial charge on any atom is 0.300 e. The van der Waals surface area contributed by atoms with Gasteiger partial charge in [0, 0.05) is 12.0 Å². The molecule has 0 aromatic heterocycles. The fourth-order valence-corrected chi connectivity index (χ4v) is 1.20. The van der Waals surface area contributed by atoms with E-state index in [4.69, 9.17) is 0 Å². The molecule has 5 heteroatoms. The van der Waals surface area contributed by atoms with Gasteiger partial charge in [-0.05, 0) is 6.08 Å². The van der Waals surface area contributed by atoms with E-state index in [1.54, 1.807) is 6.92 Å². The Morgan fingerprint density at radius 2 is 2.33 bits per heavy atom. The van der Waals surface area contributed by atoms with Crippen molar-refractivity contribution in [3.8, 4) is 0 Å². The van der Waals surface area contributed by atoms with E-state index >= 15 is 0 Å². The molecular weight excluding hydrogens is 229 g/mol. The molecule has 0 bridgehead atoms. The second kappa shape index (κ2) is 3.35. The number of nitro groups is 1. The molecule has 1 aliphatic rings. The van der Waals surface area contributed by atoms with Crippen molar-refractivity contribution in [3.63, 3.8) is 0 Å². The van der Waals surface area contributed by atoms with Crippen molar-refractivity contribution >= 4 is 15.9 Å². The zero-order chi connectivity index (χ0) is 9.30. The maximum atomic E-state index is 12.8. The summed E-state index contributed by atoms with van der Waals surface area (Å²) in [7, 11) is 0. The molecule has 0 aromatic carbocycles. The third-order valence-electron chi connectivity index (χ3n) is 1.55. The first-order valence-electron chi connectivity index (χ1n) is 3.28. The average molecular weight is 235 g/mol. The van der Waals surface area contributed by atoms with Gasteiger partial charge >= 0.3 is 5.70 Å². The van der Waals surface area contributed by atoms with Crippen molar-refractivity contribution < 1.29 is 9.31 Å². The van der Waals surface area contributed by atoms with Crippen LogP contribution in [0.5, 0.6) is 0 Å².